The molecule has 10 heteroatoms. The van der Waals surface area contributed by atoms with E-state index < -0.39 is 0 Å². The lowest BCUT2D eigenvalue weighted by Gasteiger charge is -2.22. The molecule has 0 fully saturated rings. The predicted molar refractivity (Wildman–Crippen MR) is 641 cm³/mol. The summed E-state index contributed by atoms with van der Waals surface area (Å²) in [5.74, 6) is 0. The predicted octanol–water partition coefficient (Wildman–Crippen LogP) is 39.1. The van der Waals surface area contributed by atoms with E-state index in [9.17, 15) is 0 Å². The van der Waals surface area contributed by atoms with Crippen LogP contribution in [0.15, 0.2) is 504 Å². The highest BCUT2D eigenvalue weighted by atomic mass is 32.1. The molecule has 7 nitrogen and oxygen atoms in total. The summed E-state index contributed by atoms with van der Waals surface area (Å²) in [4.78, 5) is 5.03. The van der Waals surface area contributed by atoms with Crippen LogP contribution in [0.25, 0.3) is 281 Å². The van der Waals surface area contributed by atoms with Crippen LogP contribution in [0.2, 0.25) is 0 Å². The first-order valence-corrected chi connectivity index (χ1v) is 53.9. The fourth-order valence-corrected chi connectivity index (χ4v) is 28.6. The molecule has 702 valence electrons. The summed E-state index contributed by atoms with van der Waals surface area (Å²) >= 11 is 5.70. The van der Waals surface area contributed by atoms with Gasteiger partial charge < -0.3 is 27.4 Å². The highest BCUT2D eigenvalue weighted by Crippen LogP contribution is 2.54. The van der Waals surface area contributed by atoms with Crippen LogP contribution in [0.3, 0.4) is 0 Å². The van der Waals surface area contributed by atoms with Crippen LogP contribution in [0, 0.1) is 0 Å². The molecule has 1 aliphatic rings. The molecule has 0 N–H and O–H groups in total. The van der Waals surface area contributed by atoms with E-state index in [1.54, 1.807) is 0 Å². The van der Waals surface area contributed by atoms with Gasteiger partial charge in [0.05, 0.1) is 91.7 Å². The molecule has 0 saturated carbocycles. The van der Waals surface area contributed by atoms with E-state index in [0.29, 0.717) is 0 Å². The third kappa shape index (κ3) is 13.2. The Balaban J connectivity index is 0.000000101. The number of aromatic nitrogens is 7. The normalized spacial score (nSPS) is 12.5. The topological polar surface area (TPSA) is 42.5 Å². The highest BCUT2D eigenvalue weighted by molar-refractivity contribution is 7.27. The zero-order valence-corrected chi connectivity index (χ0v) is 84.2. The van der Waals surface area contributed by atoms with E-state index in [2.05, 4.69) is 539 Å². The molecular weight excluding hydrogens is 1880 g/mol. The largest absolute Gasteiger partial charge is 0.309 e. The Morgan fingerprint density at radius 3 is 0.933 bits per heavy atom. The fourth-order valence-electron chi connectivity index (χ4n) is 24.9. The summed E-state index contributed by atoms with van der Waals surface area (Å²) in [5.41, 5.74) is 36.2. The fraction of sp³-hybridized carbons (Fsp3) is 0.0214. The smallest absolute Gasteiger partial charge is 0.0719 e. The summed E-state index contributed by atoms with van der Waals surface area (Å²) in [5, 5.41) is 23.2. The van der Waals surface area contributed by atoms with Crippen LogP contribution >= 0.6 is 34.0 Å². The van der Waals surface area contributed by atoms with Crippen LogP contribution in [0.5, 0.6) is 0 Å². The number of pyridine rings is 1. The first-order valence-electron chi connectivity index (χ1n) is 51.4. The lowest BCUT2D eigenvalue weighted by Crippen LogP contribution is -2.15. The number of nitrogens with zero attached hydrogens (tertiary/aromatic N) is 7. The Morgan fingerprint density at radius 1 is 0.167 bits per heavy atom. The Kier molecular flexibility index (Phi) is 19.3. The van der Waals surface area contributed by atoms with Crippen LogP contribution in [0.1, 0.15) is 25.0 Å². The van der Waals surface area contributed by atoms with Crippen molar-refractivity contribution in [1.29, 1.82) is 0 Å². The van der Waals surface area contributed by atoms with Crippen LogP contribution < -0.4 is 0 Å². The molecule has 0 atom stereocenters. The summed E-state index contributed by atoms with van der Waals surface area (Å²) in [6.07, 6.45) is 0. The number of thiophene rings is 3. The van der Waals surface area contributed by atoms with Gasteiger partial charge in [0.15, 0.2) is 0 Å². The van der Waals surface area contributed by atoms with Crippen LogP contribution in [-0.4, -0.2) is 32.4 Å². The van der Waals surface area contributed by atoms with Crippen molar-refractivity contribution in [2.75, 3.05) is 0 Å². The lowest BCUT2D eigenvalue weighted by atomic mass is 9.82. The first-order chi connectivity index (χ1) is 74.2. The summed E-state index contributed by atoms with van der Waals surface area (Å²) < 4.78 is 22.8. The SMILES string of the molecule is CC1(C)c2ccccc2-c2ccc(-n3c4ccccc4c4cc5c6ccc7c8ccccc8sc7c6n(-c6ccccc6)c5cc43)cc21.c1ccc(-c2cccc(-c3ccc(-n4c5ccccc5c5cc6c7ccc8c9ccccc9sc8c7n(-c7ccccc7)c6cc54)cc3)n2)cc1.c1ccc(-c2cccc(-n3c4ccccc4c4cc5c6ccc7c8ccc(-c9ccccc9)cc8sc7c6n(-c6ccccc6)c5cc43)c2)cc1. The van der Waals surface area contributed by atoms with Crippen LogP contribution in [0.4, 0.5) is 0 Å². The van der Waals surface area contributed by atoms with Gasteiger partial charge in [-0.25, -0.2) is 4.98 Å². The summed E-state index contributed by atoms with van der Waals surface area (Å²) in [6.45, 7) is 4.73. The van der Waals surface area contributed by atoms with E-state index in [0.717, 1.165) is 33.9 Å². The van der Waals surface area contributed by atoms with Crippen molar-refractivity contribution in [3.8, 4) is 90.0 Å². The van der Waals surface area contributed by atoms with E-state index >= 15 is 0 Å². The zero-order chi connectivity index (χ0) is 98.7. The van der Waals surface area contributed by atoms with Gasteiger partial charge >= 0.3 is 0 Å². The number of hydrogen-bond donors (Lipinski definition) is 0. The molecule has 22 aromatic carbocycles. The Labute approximate surface area is 874 Å². The van der Waals surface area contributed by atoms with Gasteiger partial charge in [-0.1, -0.05) is 360 Å². The van der Waals surface area contributed by atoms with Crippen LogP contribution in [-0.2, 0) is 5.41 Å². The molecule has 0 spiro atoms. The monoisotopic (exact) mass is 1960 g/mol. The molecule has 0 unspecified atom stereocenters. The average Bonchev–Trinajstić information content (AvgIpc) is 1.55. The molecule has 10 heterocycles. The number of hydrogen-bond acceptors (Lipinski definition) is 4. The lowest BCUT2D eigenvalue weighted by molar-refractivity contribution is 0.660. The van der Waals surface area contributed by atoms with Crippen molar-refractivity contribution < 1.29 is 0 Å². The zero-order valence-electron chi connectivity index (χ0n) is 81.8. The average molecular weight is 1970 g/mol. The Morgan fingerprint density at radius 2 is 0.467 bits per heavy atom. The minimum absolute atomic E-state index is 0.0662. The number of para-hydroxylation sites is 6. The molecule has 32 aromatic rings. The molecule has 0 amide bonds. The molecule has 10 aromatic heterocycles. The van der Waals surface area contributed by atoms with Gasteiger partial charge in [0.25, 0.3) is 0 Å². The molecule has 0 aliphatic heterocycles. The minimum atomic E-state index is -0.0662. The van der Waals surface area contributed by atoms with Crippen molar-refractivity contribution >= 4 is 225 Å². The first kappa shape index (κ1) is 85.8. The van der Waals surface area contributed by atoms with Crippen molar-refractivity contribution in [3.05, 3.63) is 515 Å². The van der Waals surface area contributed by atoms with Gasteiger partial charge in [-0.05, 0) is 202 Å². The Hall–Kier alpha value is -18.6. The van der Waals surface area contributed by atoms with Gasteiger partial charge in [-0.2, -0.15) is 0 Å². The molecule has 0 radical (unpaired) electrons. The summed E-state index contributed by atoms with van der Waals surface area (Å²) in [6, 6.07) is 184. The maximum absolute atomic E-state index is 5.03. The highest BCUT2D eigenvalue weighted by Gasteiger charge is 2.37. The van der Waals surface area contributed by atoms with Gasteiger partial charge in [-0.15, -0.1) is 34.0 Å². The molecule has 0 saturated heterocycles. The number of benzene rings is 22. The quantitative estimate of drug-likeness (QED) is 0.135. The van der Waals surface area contributed by atoms with Crippen molar-refractivity contribution in [2.45, 2.75) is 19.3 Å². The van der Waals surface area contributed by atoms with Gasteiger partial charge in [0, 0.05) is 162 Å². The third-order valence-electron chi connectivity index (χ3n) is 31.7. The third-order valence-corrected chi connectivity index (χ3v) is 35.3. The maximum Gasteiger partial charge on any atom is 0.0719 e. The number of fused-ring (bicyclic) bond motifs is 33. The van der Waals surface area contributed by atoms with E-state index in [1.807, 2.05) is 40.1 Å². The van der Waals surface area contributed by atoms with Gasteiger partial charge in [-0.3, -0.25) is 0 Å². The molecule has 0 bridgehead atoms. The maximum atomic E-state index is 5.03. The molecular formula is C140H89N7S3. The van der Waals surface area contributed by atoms with Crippen molar-refractivity contribution in [2.24, 2.45) is 0 Å². The second kappa shape index (κ2) is 33.8. The number of rotatable bonds is 10. The van der Waals surface area contributed by atoms with E-state index in [4.69, 9.17) is 4.98 Å². The van der Waals surface area contributed by atoms with E-state index in [1.165, 1.54) is 259 Å². The standard InChI is InChI=1S/C48H30N2S.C47H29N3S.C45H30N2S/c1-4-13-31(14-5-1)33-17-12-20-36(27-33)49-43-22-11-10-21-37(43)41-29-42-39-25-26-40-38-24-23-34(32-15-6-2-7-16-32)28-46(38)51-48(40)47(39)50(45(42)30-44(41)49)35-18-8-3-9-19-35;1-3-12-30(13-4-1)40-18-11-19-41(48-40)31-22-24-33(25-23-31)49-42-20-9-7-16-34(42)38-28-39-36-26-27-37-35-17-8-10-21-45(35)51-47(37)46(36)50(44(39)29-43(38)49)32-14-5-2-6-15-32;1-45(2)37-17-9-6-14-29(37)30-21-20-28(24-38(30)45)46-39-18-10-7-15-31(39)35-25-36-33-22-23-34-32-16-8-11-19-42(32)48-44(34)43(33)47(41(36)26-40(35)46)27-12-4-3-5-13-27/h1-30H;1-29H;3-26H,1-2H3. The van der Waals surface area contributed by atoms with Crippen molar-refractivity contribution in [3.63, 3.8) is 0 Å². The second-order valence-electron chi connectivity index (χ2n) is 40.3. The second-order valence-corrected chi connectivity index (χ2v) is 43.4. The molecule has 1 aliphatic carbocycles. The minimum Gasteiger partial charge on any atom is -0.309 e. The summed E-state index contributed by atoms with van der Waals surface area (Å²) in [7, 11) is 0. The van der Waals surface area contributed by atoms with Gasteiger partial charge in [0.2, 0.25) is 0 Å². The van der Waals surface area contributed by atoms with Gasteiger partial charge in [0.1, 0.15) is 0 Å². The molecule has 150 heavy (non-hydrogen) atoms. The Bertz CT molecular complexity index is 11200. The molecule has 33 rings (SSSR count). The van der Waals surface area contributed by atoms with E-state index in [-0.39, 0.29) is 5.41 Å². The van der Waals surface area contributed by atoms with Crippen molar-refractivity contribution in [1.82, 2.24) is 32.4 Å².